The first-order chi connectivity index (χ1) is 12.1. The normalized spacial score (nSPS) is 15.1. The third-order valence-electron chi connectivity index (χ3n) is 4.42. The molecule has 0 aromatic carbocycles. The molecule has 26 heavy (non-hydrogen) atoms. The lowest BCUT2D eigenvalue weighted by Gasteiger charge is -2.41. The molecule has 1 aliphatic heterocycles. The second-order valence-electron chi connectivity index (χ2n) is 7.38. The number of ether oxygens (including phenoxy) is 1. The molecule has 1 saturated heterocycles. The van der Waals surface area contributed by atoms with Crippen molar-refractivity contribution in [3.63, 3.8) is 0 Å². The highest BCUT2D eigenvalue weighted by Gasteiger charge is 2.35. The number of amides is 1. The molecule has 0 unspecified atom stereocenters. The number of anilines is 1. The molecule has 0 atom stereocenters. The summed E-state index contributed by atoms with van der Waals surface area (Å²) in [4.78, 5) is 29.0. The topological polar surface area (TPSA) is 71.5 Å². The van der Waals surface area contributed by atoms with Crippen LogP contribution in [0, 0.1) is 6.92 Å². The Morgan fingerprint density at radius 1 is 1.35 bits per heavy atom. The molecule has 9 heteroatoms. The highest BCUT2D eigenvalue weighted by Crippen LogP contribution is 2.30. The lowest BCUT2D eigenvalue weighted by atomic mass is 10.1. The van der Waals surface area contributed by atoms with Crippen LogP contribution in [0.15, 0.2) is 10.5 Å². The largest absolute Gasteiger partial charge is 0.442 e. The predicted molar refractivity (Wildman–Crippen MR) is 105 cm³/mol. The molecule has 0 bridgehead atoms. The van der Waals surface area contributed by atoms with E-state index in [2.05, 4.69) is 30.9 Å². The van der Waals surface area contributed by atoms with Gasteiger partial charge in [0.2, 0.25) is 0 Å². The number of rotatable bonds is 2. The van der Waals surface area contributed by atoms with Crippen molar-refractivity contribution in [1.82, 2.24) is 19.9 Å². The number of nitrogens with zero attached hydrogens (tertiary/aromatic N) is 5. The Morgan fingerprint density at radius 3 is 2.62 bits per heavy atom. The van der Waals surface area contributed by atoms with Crippen LogP contribution >= 0.6 is 27.5 Å². The fourth-order valence-corrected chi connectivity index (χ4v) is 2.97. The van der Waals surface area contributed by atoms with Crippen molar-refractivity contribution in [1.29, 1.82) is 0 Å². The number of pyridine rings is 1. The van der Waals surface area contributed by atoms with Gasteiger partial charge in [0, 0.05) is 17.1 Å². The van der Waals surface area contributed by atoms with Crippen molar-refractivity contribution in [3.8, 4) is 0 Å². The Morgan fingerprint density at radius 2 is 2.00 bits per heavy atom. The number of halogens is 2. The minimum atomic E-state index is -0.333. The number of aryl methyl sites for hydroxylation is 1. The maximum atomic E-state index is 12.2. The molecule has 1 amide bonds. The van der Waals surface area contributed by atoms with Gasteiger partial charge in [-0.3, -0.25) is 0 Å². The molecule has 140 valence electrons. The van der Waals surface area contributed by atoms with Gasteiger partial charge in [-0.2, -0.15) is 0 Å². The Balaban J connectivity index is 1.70. The molecule has 0 radical (unpaired) electrons. The number of carbonyl (C=O) groups is 1. The van der Waals surface area contributed by atoms with Gasteiger partial charge in [0.15, 0.2) is 16.6 Å². The first kappa shape index (κ1) is 19.1. The summed E-state index contributed by atoms with van der Waals surface area (Å²) in [6.45, 7) is 8.82. The Hall–Kier alpha value is -1.67. The van der Waals surface area contributed by atoms with Gasteiger partial charge in [0.1, 0.15) is 11.6 Å². The van der Waals surface area contributed by atoms with E-state index in [1.54, 1.807) is 11.9 Å². The zero-order valence-electron chi connectivity index (χ0n) is 15.4. The molecule has 3 heterocycles. The van der Waals surface area contributed by atoms with Crippen molar-refractivity contribution in [2.75, 3.05) is 25.0 Å². The average molecular weight is 443 g/mol. The zero-order valence-corrected chi connectivity index (χ0v) is 17.7. The third-order valence-corrected chi connectivity index (χ3v) is 5.48. The first-order valence-corrected chi connectivity index (χ1v) is 9.43. The van der Waals surface area contributed by atoms with Crippen molar-refractivity contribution in [2.24, 2.45) is 0 Å². The number of aromatic nitrogens is 3. The van der Waals surface area contributed by atoms with E-state index in [1.807, 2.05) is 38.7 Å². The second kappa shape index (κ2) is 6.81. The predicted octanol–water partition coefficient (Wildman–Crippen LogP) is 3.80. The number of hydrogen-bond donors (Lipinski definition) is 0. The fourth-order valence-electron chi connectivity index (χ4n) is 2.41. The van der Waals surface area contributed by atoms with Crippen LogP contribution in [0.2, 0.25) is 5.15 Å². The van der Waals surface area contributed by atoms with Crippen LogP contribution in [-0.2, 0) is 4.74 Å². The van der Waals surface area contributed by atoms with E-state index in [0.29, 0.717) is 35.2 Å². The van der Waals surface area contributed by atoms with Crippen LogP contribution in [0.5, 0.6) is 0 Å². The molecule has 0 saturated carbocycles. The zero-order chi connectivity index (χ0) is 19.2. The monoisotopic (exact) mass is 441 g/mol. The number of fused-ring (bicyclic) bond motifs is 1. The summed E-state index contributed by atoms with van der Waals surface area (Å²) in [5, 5.41) is 0.312. The van der Waals surface area contributed by atoms with E-state index in [-0.39, 0.29) is 17.7 Å². The molecular formula is C17H21BrClN5O2. The molecular weight excluding hydrogens is 422 g/mol. The van der Waals surface area contributed by atoms with Gasteiger partial charge in [-0.25, -0.2) is 19.7 Å². The summed E-state index contributed by atoms with van der Waals surface area (Å²) in [5.41, 5.74) is 1.72. The number of carbonyl (C=O) groups excluding carboxylic acids is 1. The van der Waals surface area contributed by atoms with Gasteiger partial charge in [-0.1, -0.05) is 11.6 Å². The van der Waals surface area contributed by atoms with Crippen LogP contribution in [-0.4, -0.2) is 57.7 Å². The van der Waals surface area contributed by atoms with E-state index < -0.39 is 0 Å². The fraction of sp³-hybridized carbons (Fsp3) is 0.529. The summed E-state index contributed by atoms with van der Waals surface area (Å²) in [7, 11) is 1.73. The van der Waals surface area contributed by atoms with Gasteiger partial charge in [-0.05, 0) is 49.7 Å². The summed E-state index contributed by atoms with van der Waals surface area (Å²) < 4.78 is 6.38. The minimum Gasteiger partial charge on any atom is -0.442 e. The summed E-state index contributed by atoms with van der Waals surface area (Å²) >= 11 is 9.73. The van der Waals surface area contributed by atoms with Gasteiger partial charge >= 0.3 is 6.09 Å². The summed E-state index contributed by atoms with van der Waals surface area (Å²) in [6.07, 6.45) is -0.527. The molecule has 3 rings (SSSR count). The number of hydrogen-bond acceptors (Lipinski definition) is 6. The maximum Gasteiger partial charge on any atom is 0.410 e. The second-order valence-corrected chi connectivity index (χ2v) is 8.59. The molecule has 2 aromatic heterocycles. The Kier molecular flexibility index (Phi) is 5.00. The summed E-state index contributed by atoms with van der Waals surface area (Å²) in [5.74, 6) is 0.560. The van der Waals surface area contributed by atoms with Crippen LogP contribution in [0.4, 0.5) is 10.6 Å². The molecule has 1 aliphatic rings. The SMILES string of the molecule is Cc1nc2nc(N3CC(OC(=O)N(C)C(C)(C)C)C3)c(Cl)nc2cc1Br. The molecule has 1 fully saturated rings. The van der Waals surface area contributed by atoms with Gasteiger partial charge < -0.3 is 14.5 Å². The van der Waals surface area contributed by atoms with Crippen LogP contribution < -0.4 is 4.90 Å². The van der Waals surface area contributed by atoms with Gasteiger partial charge in [0.25, 0.3) is 0 Å². The van der Waals surface area contributed by atoms with E-state index in [4.69, 9.17) is 16.3 Å². The standard InChI is InChI=1S/C17H21BrClN5O2/c1-9-11(18)6-12-14(20-9)22-15(13(19)21-12)24-7-10(8-24)26-16(25)23(5)17(2,3)4/h6,10H,7-8H2,1-5H3. The van der Waals surface area contributed by atoms with Crippen LogP contribution in [0.25, 0.3) is 11.2 Å². The molecule has 2 aromatic rings. The van der Waals surface area contributed by atoms with E-state index in [1.165, 1.54) is 0 Å². The highest BCUT2D eigenvalue weighted by atomic mass is 79.9. The van der Waals surface area contributed by atoms with Crippen LogP contribution in [0.1, 0.15) is 26.5 Å². The van der Waals surface area contributed by atoms with E-state index in [0.717, 1.165) is 10.2 Å². The van der Waals surface area contributed by atoms with Crippen molar-refractivity contribution in [3.05, 3.63) is 21.4 Å². The average Bonchev–Trinajstić information content (AvgIpc) is 2.50. The lowest BCUT2D eigenvalue weighted by molar-refractivity contribution is 0.0364. The van der Waals surface area contributed by atoms with Gasteiger partial charge in [-0.15, -0.1) is 0 Å². The molecule has 0 spiro atoms. The maximum absolute atomic E-state index is 12.2. The smallest absolute Gasteiger partial charge is 0.410 e. The molecule has 7 nitrogen and oxygen atoms in total. The van der Waals surface area contributed by atoms with E-state index >= 15 is 0 Å². The van der Waals surface area contributed by atoms with Crippen molar-refractivity contribution < 1.29 is 9.53 Å². The lowest BCUT2D eigenvalue weighted by Crippen LogP contribution is -2.55. The summed E-state index contributed by atoms with van der Waals surface area (Å²) in [6, 6.07) is 1.85. The first-order valence-electron chi connectivity index (χ1n) is 8.26. The van der Waals surface area contributed by atoms with Crippen molar-refractivity contribution in [2.45, 2.75) is 39.3 Å². The minimum absolute atomic E-state index is 0.194. The molecule has 0 N–H and O–H groups in total. The van der Waals surface area contributed by atoms with Crippen molar-refractivity contribution >= 4 is 50.6 Å². The van der Waals surface area contributed by atoms with Gasteiger partial charge in [0.05, 0.1) is 18.8 Å². The molecule has 0 aliphatic carbocycles. The van der Waals surface area contributed by atoms with E-state index in [9.17, 15) is 4.79 Å². The highest BCUT2D eigenvalue weighted by molar-refractivity contribution is 9.10. The Bertz CT molecular complexity index is 864. The van der Waals surface area contributed by atoms with Crippen LogP contribution in [0.3, 0.4) is 0 Å². The Labute approximate surface area is 165 Å². The third kappa shape index (κ3) is 3.71. The quantitative estimate of drug-likeness (QED) is 0.704.